The van der Waals surface area contributed by atoms with E-state index in [0.717, 1.165) is 12.1 Å². The van der Waals surface area contributed by atoms with Gasteiger partial charge in [0.05, 0.1) is 24.2 Å². The maximum Gasteiger partial charge on any atom is 0.232 e. The molecule has 0 radical (unpaired) electrons. The average Bonchev–Trinajstić information content (AvgIpc) is 2.17. The van der Waals surface area contributed by atoms with Crippen LogP contribution in [-0.4, -0.2) is 16.1 Å². The summed E-state index contributed by atoms with van der Waals surface area (Å²) in [5.74, 6) is 0.609. The Morgan fingerprint density at radius 1 is 1.27 bits per heavy atom. The molecule has 0 saturated carbocycles. The Morgan fingerprint density at radius 2 is 1.93 bits per heavy atom. The van der Waals surface area contributed by atoms with E-state index in [0.29, 0.717) is 5.88 Å². The molecule has 3 nitrogen and oxygen atoms in total. The molecular weight excluding hydrogens is 188 g/mol. The van der Waals surface area contributed by atoms with Crippen LogP contribution in [0.2, 0.25) is 0 Å². The highest BCUT2D eigenvalue weighted by Gasteiger charge is 2.15. The van der Waals surface area contributed by atoms with E-state index < -0.39 is 0 Å². The van der Waals surface area contributed by atoms with Crippen LogP contribution < -0.4 is 4.74 Å². The maximum absolute atomic E-state index is 5.56. The lowest BCUT2D eigenvalue weighted by molar-refractivity contribution is 0.207. The van der Waals surface area contributed by atoms with E-state index >= 15 is 0 Å². The van der Waals surface area contributed by atoms with Crippen LogP contribution in [0.25, 0.3) is 0 Å². The zero-order valence-electron chi connectivity index (χ0n) is 10.2. The molecule has 15 heavy (non-hydrogen) atoms. The normalized spacial score (nSPS) is 13.7. The summed E-state index contributed by atoms with van der Waals surface area (Å²) in [5.41, 5.74) is 1.03. The Morgan fingerprint density at radius 3 is 2.33 bits per heavy atom. The van der Waals surface area contributed by atoms with E-state index in [-0.39, 0.29) is 11.5 Å². The Bertz CT molecular complexity index is 300. The van der Waals surface area contributed by atoms with Crippen LogP contribution in [0.5, 0.6) is 5.88 Å². The number of rotatable bonds is 3. The van der Waals surface area contributed by atoms with Gasteiger partial charge >= 0.3 is 0 Å². The molecule has 1 atom stereocenters. The number of hydrogen-bond acceptors (Lipinski definition) is 3. The zero-order valence-corrected chi connectivity index (χ0v) is 10.2. The Balaban J connectivity index is 2.73. The van der Waals surface area contributed by atoms with Crippen molar-refractivity contribution < 1.29 is 4.74 Å². The van der Waals surface area contributed by atoms with Gasteiger partial charge in [-0.1, -0.05) is 27.7 Å². The van der Waals surface area contributed by atoms with Gasteiger partial charge in [-0.3, -0.25) is 4.98 Å². The summed E-state index contributed by atoms with van der Waals surface area (Å²) in [6.07, 6.45) is 4.66. The van der Waals surface area contributed by atoms with E-state index in [1.807, 2.05) is 6.92 Å². The molecule has 84 valence electrons. The van der Waals surface area contributed by atoms with Gasteiger partial charge in [-0.05, 0) is 13.3 Å². The molecule has 1 aromatic heterocycles. The third-order valence-corrected chi connectivity index (χ3v) is 2.29. The Labute approximate surface area is 91.9 Å². The van der Waals surface area contributed by atoms with E-state index in [9.17, 15) is 0 Å². The van der Waals surface area contributed by atoms with Crippen molar-refractivity contribution in [3.05, 3.63) is 18.1 Å². The maximum atomic E-state index is 5.56. The summed E-state index contributed by atoms with van der Waals surface area (Å²) >= 11 is 0. The Hall–Kier alpha value is -1.12. The van der Waals surface area contributed by atoms with Gasteiger partial charge in [-0.25, -0.2) is 4.98 Å². The van der Waals surface area contributed by atoms with Crippen LogP contribution in [0, 0.1) is 0 Å². The molecule has 1 rings (SSSR count). The number of ether oxygens (including phenoxy) is 1. The number of nitrogens with zero attached hydrogens (tertiary/aromatic N) is 2. The highest BCUT2D eigenvalue weighted by Crippen LogP contribution is 2.20. The van der Waals surface area contributed by atoms with Gasteiger partial charge in [0.2, 0.25) is 5.88 Å². The zero-order chi connectivity index (χ0) is 11.5. The predicted octanol–water partition coefficient (Wildman–Crippen LogP) is 2.95. The van der Waals surface area contributed by atoms with E-state index in [4.69, 9.17) is 4.74 Å². The summed E-state index contributed by atoms with van der Waals surface area (Å²) in [5, 5.41) is 0. The van der Waals surface area contributed by atoms with Crippen molar-refractivity contribution in [1.82, 2.24) is 9.97 Å². The van der Waals surface area contributed by atoms with Crippen molar-refractivity contribution in [3.63, 3.8) is 0 Å². The predicted molar refractivity (Wildman–Crippen MR) is 61.1 cm³/mol. The Kier molecular flexibility index (Phi) is 3.66. The van der Waals surface area contributed by atoms with E-state index in [1.165, 1.54) is 0 Å². The molecule has 0 aromatic carbocycles. The van der Waals surface area contributed by atoms with Crippen molar-refractivity contribution in [2.24, 2.45) is 0 Å². The monoisotopic (exact) mass is 208 g/mol. The molecular formula is C12H20N2O. The van der Waals surface area contributed by atoms with Gasteiger partial charge < -0.3 is 4.74 Å². The summed E-state index contributed by atoms with van der Waals surface area (Å²) in [7, 11) is 0. The lowest BCUT2D eigenvalue weighted by atomic mass is 9.93. The SMILES string of the molecule is CC[C@H](C)Oc1cnc(C(C)(C)C)cn1. The lowest BCUT2D eigenvalue weighted by Gasteiger charge is -2.17. The van der Waals surface area contributed by atoms with Crippen molar-refractivity contribution in [2.75, 3.05) is 0 Å². The molecule has 0 spiro atoms. The van der Waals surface area contributed by atoms with Crippen LogP contribution >= 0.6 is 0 Å². The van der Waals surface area contributed by atoms with Crippen molar-refractivity contribution in [1.29, 1.82) is 0 Å². The molecule has 1 aromatic rings. The third-order valence-electron chi connectivity index (χ3n) is 2.29. The van der Waals surface area contributed by atoms with Crippen molar-refractivity contribution in [3.8, 4) is 5.88 Å². The smallest absolute Gasteiger partial charge is 0.232 e. The molecule has 0 unspecified atom stereocenters. The van der Waals surface area contributed by atoms with Crippen LogP contribution in [-0.2, 0) is 5.41 Å². The summed E-state index contributed by atoms with van der Waals surface area (Å²) < 4.78 is 5.56. The fourth-order valence-electron chi connectivity index (χ4n) is 1.05. The van der Waals surface area contributed by atoms with E-state index in [1.54, 1.807) is 12.4 Å². The van der Waals surface area contributed by atoms with Crippen LogP contribution in [0.3, 0.4) is 0 Å². The van der Waals surface area contributed by atoms with Gasteiger partial charge in [-0.15, -0.1) is 0 Å². The minimum atomic E-state index is 0.0436. The standard InChI is InChI=1S/C12H20N2O/c1-6-9(2)15-11-8-13-10(7-14-11)12(3,4)5/h7-9H,6H2,1-5H3/t9-/m0/s1. The molecule has 0 aliphatic carbocycles. The fraction of sp³-hybridized carbons (Fsp3) is 0.667. The van der Waals surface area contributed by atoms with Gasteiger partial charge in [0.1, 0.15) is 0 Å². The second kappa shape index (κ2) is 4.60. The third kappa shape index (κ3) is 3.50. The average molecular weight is 208 g/mol. The minimum absolute atomic E-state index is 0.0436. The van der Waals surface area contributed by atoms with Gasteiger partial charge in [-0.2, -0.15) is 0 Å². The number of hydrogen-bond donors (Lipinski definition) is 0. The van der Waals surface area contributed by atoms with Crippen LogP contribution in [0.1, 0.15) is 46.7 Å². The molecule has 0 aliphatic rings. The summed E-state index contributed by atoms with van der Waals surface area (Å²) in [4.78, 5) is 8.60. The van der Waals surface area contributed by atoms with Crippen LogP contribution in [0.15, 0.2) is 12.4 Å². The quantitative estimate of drug-likeness (QED) is 0.766. The summed E-state index contributed by atoms with van der Waals surface area (Å²) in [6, 6.07) is 0. The largest absolute Gasteiger partial charge is 0.474 e. The highest BCUT2D eigenvalue weighted by molar-refractivity contribution is 5.13. The molecule has 1 heterocycles. The first-order chi connectivity index (χ1) is 6.93. The number of aromatic nitrogens is 2. The second-order valence-corrected chi connectivity index (χ2v) is 4.83. The molecule has 0 aliphatic heterocycles. The highest BCUT2D eigenvalue weighted by atomic mass is 16.5. The molecule has 0 bridgehead atoms. The molecule has 3 heteroatoms. The van der Waals surface area contributed by atoms with Crippen molar-refractivity contribution in [2.45, 2.75) is 52.6 Å². The molecule has 0 amide bonds. The molecule has 0 N–H and O–H groups in total. The first-order valence-electron chi connectivity index (χ1n) is 5.42. The lowest BCUT2D eigenvalue weighted by Crippen LogP contribution is -2.15. The van der Waals surface area contributed by atoms with Gasteiger partial charge in [0.15, 0.2) is 0 Å². The van der Waals surface area contributed by atoms with Gasteiger partial charge in [0, 0.05) is 5.41 Å². The van der Waals surface area contributed by atoms with Gasteiger partial charge in [0.25, 0.3) is 0 Å². The molecule has 0 saturated heterocycles. The minimum Gasteiger partial charge on any atom is -0.474 e. The molecule has 0 fully saturated rings. The fourth-order valence-corrected chi connectivity index (χ4v) is 1.05. The topological polar surface area (TPSA) is 35.0 Å². The van der Waals surface area contributed by atoms with Crippen molar-refractivity contribution >= 4 is 0 Å². The first kappa shape index (κ1) is 12.0. The second-order valence-electron chi connectivity index (χ2n) is 4.83. The summed E-state index contributed by atoms with van der Waals surface area (Å²) in [6.45, 7) is 10.5. The van der Waals surface area contributed by atoms with E-state index in [2.05, 4.69) is 37.7 Å². The van der Waals surface area contributed by atoms with Crippen LogP contribution in [0.4, 0.5) is 0 Å². The first-order valence-corrected chi connectivity index (χ1v) is 5.42.